The van der Waals surface area contributed by atoms with Gasteiger partial charge in [-0.15, -0.1) is 5.10 Å². The van der Waals surface area contributed by atoms with E-state index in [-0.39, 0.29) is 5.56 Å². The van der Waals surface area contributed by atoms with Crippen molar-refractivity contribution < 1.29 is 9.15 Å². The summed E-state index contributed by atoms with van der Waals surface area (Å²) in [5.74, 6) is 2.33. The van der Waals surface area contributed by atoms with Crippen LogP contribution in [0.2, 0.25) is 10.0 Å². The Bertz CT molecular complexity index is 1520. The van der Waals surface area contributed by atoms with Gasteiger partial charge >= 0.3 is 0 Å². The van der Waals surface area contributed by atoms with Gasteiger partial charge in [-0.2, -0.15) is 9.50 Å². The molecule has 9 heteroatoms. The zero-order valence-corrected chi connectivity index (χ0v) is 18.3. The highest BCUT2D eigenvalue weighted by Gasteiger charge is 2.13. The van der Waals surface area contributed by atoms with E-state index in [1.165, 1.54) is 15.9 Å². The molecule has 5 rings (SSSR count). The highest BCUT2D eigenvalue weighted by Crippen LogP contribution is 2.31. The van der Waals surface area contributed by atoms with Crippen LogP contribution in [0.4, 0.5) is 0 Å². The molecule has 0 aliphatic heterocycles. The average Bonchev–Trinajstić information content (AvgIpc) is 3.46. The molecule has 2 aromatic carbocycles. The minimum Gasteiger partial charge on any atom is -0.497 e. The molecule has 0 bridgehead atoms. The molecule has 0 N–H and O–H groups in total. The molecule has 3 aromatic heterocycles. The van der Waals surface area contributed by atoms with Crippen molar-refractivity contribution in [2.24, 2.45) is 0 Å². The van der Waals surface area contributed by atoms with Gasteiger partial charge in [-0.1, -0.05) is 34.5 Å². The monoisotopic (exact) mass is 469 g/mol. The number of fused-ring (bicyclic) bond motifs is 1. The highest BCUT2D eigenvalue weighted by molar-refractivity contribution is 7.15. The van der Waals surface area contributed by atoms with Crippen LogP contribution in [0, 0.1) is 0 Å². The van der Waals surface area contributed by atoms with Crippen molar-refractivity contribution in [3.8, 4) is 28.5 Å². The van der Waals surface area contributed by atoms with Crippen molar-refractivity contribution in [3.05, 3.63) is 85.3 Å². The quantitative estimate of drug-likeness (QED) is 0.372. The Hall–Kier alpha value is -3.13. The van der Waals surface area contributed by atoms with Crippen molar-refractivity contribution in [3.63, 3.8) is 0 Å². The lowest BCUT2D eigenvalue weighted by Gasteiger charge is -2.00. The van der Waals surface area contributed by atoms with E-state index in [0.29, 0.717) is 36.9 Å². The minimum atomic E-state index is -0.255. The summed E-state index contributed by atoms with van der Waals surface area (Å²) in [5.41, 5.74) is 1.27. The summed E-state index contributed by atoms with van der Waals surface area (Å²) < 4.78 is 12.8. The fourth-order valence-electron chi connectivity index (χ4n) is 3.09. The first-order valence-corrected chi connectivity index (χ1v) is 10.7. The van der Waals surface area contributed by atoms with Crippen molar-refractivity contribution in [1.82, 2.24) is 14.6 Å². The van der Waals surface area contributed by atoms with E-state index in [0.717, 1.165) is 16.9 Å². The first kappa shape index (κ1) is 19.8. The van der Waals surface area contributed by atoms with Crippen LogP contribution < -0.4 is 14.8 Å². The molecule has 0 aliphatic carbocycles. The lowest BCUT2D eigenvalue weighted by molar-refractivity contribution is 0.415. The van der Waals surface area contributed by atoms with E-state index >= 15 is 0 Å². The fourth-order valence-corrected chi connectivity index (χ4v) is 4.48. The second kappa shape index (κ2) is 7.85. The second-order valence-corrected chi connectivity index (χ2v) is 8.45. The SMILES string of the molecule is COc1ccc(-c2nc3s/c(=C\c4ccc(-c5ccc(Cl)cc5Cl)o4)c(=O)n3n2)cc1. The molecular formula is C22H13Cl2N3O3S. The third kappa shape index (κ3) is 3.72. The van der Waals surface area contributed by atoms with Gasteiger partial charge < -0.3 is 9.15 Å². The Kier molecular flexibility index (Phi) is 5.02. The third-order valence-corrected chi connectivity index (χ3v) is 6.13. The predicted molar refractivity (Wildman–Crippen MR) is 122 cm³/mol. The molecule has 3 heterocycles. The Morgan fingerprint density at radius 1 is 1.10 bits per heavy atom. The molecule has 0 atom stereocenters. The molecule has 31 heavy (non-hydrogen) atoms. The zero-order valence-electron chi connectivity index (χ0n) is 16.0. The van der Waals surface area contributed by atoms with E-state index in [4.69, 9.17) is 32.4 Å². The molecular weight excluding hydrogens is 457 g/mol. The first-order chi connectivity index (χ1) is 15.0. The van der Waals surface area contributed by atoms with Crippen LogP contribution in [0.3, 0.4) is 0 Å². The molecule has 0 amide bonds. The average molecular weight is 470 g/mol. The standard InChI is InChI=1S/C22H13Cl2N3O3S/c1-29-14-5-2-12(3-6-14)20-25-22-27(26-20)21(28)19(31-22)11-15-7-9-18(30-15)16-8-4-13(23)10-17(16)24/h2-11H,1H3/b19-11-. The number of rotatable bonds is 4. The molecule has 0 fully saturated rings. The molecule has 0 saturated heterocycles. The molecule has 0 aliphatic rings. The largest absolute Gasteiger partial charge is 0.497 e. The number of hydrogen-bond acceptors (Lipinski definition) is 6. The van der Waals surface area contributed by atoms with Crippen molar-refractivity contribution in [1.29, 1.82) is 0 Å². The van der Waals surface area contributed by atoms with Gasteiger partial charge in [0.2, 0.25) is 4.96 Å². The summed E-state index contributed by atoms with van der Waals surface area (Å²) in [7, 11) is 1.60. The van der Waals surface area contributed by atoms with Crippen LogP contribution in [-0.4, -0.2) is 21.7 Å². The van der Waals surface area contributed by atoms with Gasteiger partial charge in [0.25, 0.3) is 5.56 Å². The maximum atomic E-state index is 12.8. The van der Waals surface area contributed by atoms with Crippen LogP contribution in [0.15, 0.2) is 63.8 Å². The maximum absolute atomic E-state index is 12.8. The summed E-state index contributed by atoms with van der Waals surface area (Å²) in [6.07, 6.45) is 1.67. The van der Waals surface area contributed by atoms with E-state index in [2.05, 4.69) is 10.1 Å². The molecule has 0 radical (unpaired) electrons. The third-order valence-electron chi connectivity index (χ3n) is 4.63. The Balaban J connectivity index is 1.49. The summed E-state index contributed by atoms with van der Waals surface area (Å²) in [5, 5.41) is 5.39. The Morgan fingerprint density at radius 3 is 2.61 bits per heavy atom. The number of ether oxygens (including phenoxy) is 1. The number of aromatic nitrogens is 3. The number of benzene rings is 2. The van der Waals surface area contributed by atoms with Gasteiger partial charge in [-0.3, -0.25) is 4.79 Å². The van der Waals surface area contributed by atoms with Crippen molar-refractivity contribution in [2.75, 3.05) is 7.11 Å². The maximum Gasteiger partial charge on any atom is 0.291 e. The number of thiazole rings is 1. The summed E-state index contributed by atoms with van der Waals surface area (Å²) >= 11 is 13.4. The van der Waals surface area contributed by atoms with Gasteiger partial charge in [-0.25, -0.2) is 0 Å². The number of hydrogen-bond donors (Lipinski definition) is 0. The molecule has 154 valence electrons. The van der Waals surface area contributed by atoms with Crippen molar-refractivity contribution >= 4 is 45.6 Å². The molecule has 0 spiro atoms. The van der Waals surface area contributed by atoms with E-state index in [9.17, 15) is 4.79 Å². The van der Waals surface area contributed by atoms with E-state index < -0.39 is 0 Å². The van der Waals surface area contributed by atoms with Crippen LogP contribution in [0.1, 0.15) is 5.76 Å². The molecule has 0 saturated carbocycles. The Morgan fingerprint density at radius 2 is 1.90 bits per heavy atom. The van der Waals surface area contributed by atoms with Crippen LogP contribution in [-0.2, 0) is 0 Å². The topological polar surface area (TPSA) is 69.6 Å². The lowest BCUT2D eigenvalue weighted by Crippen LogP contribution is -2.23. The van der Waals surface area contributed by atoms with Gasteiger partial charge in [0.1, 0.15) is 21.8 Å². The van der Waals surface area contributed by atoms with E-state index in [1.54, 1.807) is 43.5 Å². The van der Waals surface area contributed by atoms with Gasteiger partial charge in [0.15, 0.2) is 5.82 Å². The van der Waals surface area contributed by atoms with Gasteiger partial charge in [0, 0.05) is 22.2 Å². The first-order valence-electron chi connectivity index (χ1n) is 9.13. The molecule has 5 aromatic rings. The van der Waals surface area contributed by atoms with Gasteiger partial charge in [0.05, 0.1) is 12.1 Å². The smallest absolute Gasteiger partial charge is 0.291 e. The lowest BCUT2D eigenvalue weighted by atomic mass is 10.2. The fraction of sp³-hybridized carbons (Fsp3) is 0.0455. The predicted octanol–water partition coefficient (Wildman–Crippen LogP) is 4.94. The summed E-state index contributed by atoms with van der Waals surface area (Å²) in [4.78, 5) is 17.8. The second-order valence-electron chi connectivity index (χ2n) is 6.60. The molecule has 6 nitrogen and oxygen atoms in total. The van der Waals surface area contributed by atoms with E-state index in [1.807, 2.05) is 24.3 Å². The number of nitrogens with zero attached hydrogens (tertiary/aromatic N) is 3. The number of methoxy groups -OCH3 is 1. The summed E-state index contributed by atoms with van der Waals surface area (Å²) in [6.45, 7) is 0. The number of halogens is 2. The molecule has 0 unspecified atom stereocenters. The van der Waals surface area contributed by atoms with Crippen LogP contribution >= 0.6 is 34.5 Å². The number of furan rings is 1. The normalized spacial score (nSPS) is 12.0. The van der Waals surface area contributed by atoms with Crippen LogP contribution in [0.5, 0.6) is 5.75 Å². The van der Waals surface area contributed by atoms with Gasteiger partial charge in [-0.05, 0) is 54.6 Å². The zero-order chi connectivity index (χ0) is 21.5. The summed E-state index contributed by atoms with van der Waals surface area (Å²) in [6, 6.07) is 16.1. The Labute approximate surface area is 189 Å². The van der Waals surface area contributed by atoms with Crippen molar-refractivity contribution in [2.45, 2.75) is 0 Å². The van der Waals surface area contributed by atoms with Crippen LogP contribution in [0.25, 0.3) is 33.7 Å². The minimum absolute atomic E-state index is 0.255. The highest BCUT2D eigenvalue weighted by atomic mass is 35.5.